The molecule has 0 spiro atoms. The van der Waals surface area contributed by atoms with Crippen LogP contribution in [0.3, 0.4) is 0 Å². The first-order valence-corrected chi connectivity index (χ1v) is 4.73. The molecule has 0 saturated heterocycles. The van der Waals surface area contributed by atoms with Crippen LogP contribution in [-0.4, -0.2) is 15.9 Å². The van der Waals surface area contributed by atoms with E-state index in [2.05, 4.69) is 9.97 Å². The lowest BCUT2D eigenvalue weighted by Gasteiger charge is -2.22. The van der Waals surface area contributed by atoms with Gasteiger partial charge in [-0.15, -0.1) is 0 Å². The molecule has 1 aromatic rings. The number of hydrogen-bond donors (Lipinski definition) is 0. The van der Waals surface area contributed by atoms with Gasteiger partial charge in [0.2, 0.25) is 0 Å². The Balaban J connectivity index is 2.26. The molecular weight excluding hydrogens is 180 g/mol. The normalized spacial score (nSPS) is 19.9. The molecule has 1 unspecified atom stereocenters. The van der Waals surface area contributed by atoms with Crippen LogP contribution in [0.15, 0.2) is 12.5 Å². The fourth-order valence-electron chi connectivity index (χ4n) is 1.78. The number of carbonyl (C=O) groups excluding carboxylic acids is 1. The molecule has 0 amide bonds. The molecule has 0 aliphatic heterocycles. The zero-order valence-corrected chi connectivity index (χ0v) is 8.06. The molecule has 0 N–H and O–H groups in total. The van der Waals surface area contributed by atoms with Gasteiger partial charge in [0.05, 0.1) is 5.69 Å². The van der Waals surface area contributed by atoms with Crippen molar-refractivity contribution in [3.63, 3.8) is 0 Å². The topological polar surface area (TPSA) is 52.1 Å². The Morgan fingerprint density at radius 3 is 3.29 bits per heavy atom. The lowest BCUT2D eigenvalue weighted by atomic mass is 9.95. The van der Waals surface area contributed by atoms with E-state index < -0.39 is 0 Å². The molecule has 74 valence electrons. The second-order valence-electron chi connectivity index (χ2n) is 3.42. The molecular formula is C10H12N2O2. The van der Waals surface area contributed by atoms with Gasteiger partial charge in [-0.2, -0.15) is 0 Å². The Hall–Kier alpha value is -1.45. The van der Waals surface area contributed by atoms with Crippen LogP contribution in [0.25, 0.3) is 0 Å². The van der Waals surface area contributed by atoms with Crippen LogP contribution >= 0.6 is 0 Å². The number of fused-ring (bicyclic) bond motifs is 1. The zero-order chi connectivity index (χ0) is 9.97. The van der Waals surface area contributed by atoms with Crippen molar-refractivity contribution in [3.8, 4) is 0 Å². The third kappa shape index (κ3) is 1.73. The molecule has 1 aromatic heterocycles. The quantitative estimate of drug-likeness (QED) is 0.631. The number of esters is 1. The SMILES string of the molecule is CC(=O)OC1CCCc2cncnc21. The monoisotopic (exact) mass is 192 g/mol. The first-order chi connectivity index (χ1) is 6.77. The van der Waals surface area contributed by atoms with Gasteiger partial charge in [0.25, 0.3) is 0 Å². The van der Waals surface area contributed by atoms with E-state index in [4.69, 9.17) is 4.74 Å². The molecule has 4 nitrogen and oxygen atoms in total. The van der Waals surface area contributed by atoms with Gasteiger partial charge in [-0.1, -0.05) is 0 Å². The summed E-state index contributed by atoms with van der Waals surface area (Å²) in [6.07, 6.45) is 6.01. The predicted molar refractivity (Wildman–Crippen MR) is 49.5 cm³/mol. The summed E-state index contributed by atoms with van der Waals surface area (Å²) in [7, 11) is 0. The molecule has 0 bridgehead atoms. The van der Waals surface area contributed by atoms with Crippen LogP contribution in [0, 0.1) is 0 Å². The molecule has 0 fully saturated rings. The van der Waals surface area contributed by atoms with Crippen molar-refractivity contribution in [3.05, 3.63) is 23.8 Å². The minimum atomic E-state index is -0.249. The molecule has 4 heteroatoms. The van der Waals surface area contributed by atoms with E-state index in [0.717, 1.165) is 30.5 Å². The van der Waals surface area contributed by atoms with Gasteiger partial charge < -0.3 is 4.74 Å². The van der Waals surface area contributed by atoms with Gasteiger partial charge in [-0.05, 0) is 24.8 Å². The van der Waals surface area contributed by atoms with E-state index in [1.165, 1.54) is 13.3 Å². The third-order valence-electron chi connectivity index (χ3n) is 2.35. The van der Waals surface area contributed by atoms with Crippen molar-refractivity contribution < 1.29 is 9.53 Å². The standard InChI is InChI=1S/C10H12N2O2/c1-7(13)14-9-4-2-3-8-5-11-6-12-10(8)9/h5-6,9H,2-4H2,1H3. The van der Waals surface area contributed by atoms with E-state index in [0.29, 0.717) is 0 Å². The highest BCUT2D eigenvalue weighted by atomic mass is 16.5. The maximum Gasteiger partial charge on any atom is 0.303 e. The smallest absolute Gasteiger partial charge is 0.303 e. The first kappa shape index (κ1) is 9.12. The van der Waals surface area contributed by atoms with Gasteiger partial charge in [-0.25, -0.2) is 9.97 Å². The lowest BCUT2D eigenvalue weighted by molar-refractivity contribution is -0.147. The molecule has 1 heterocycles. The second kappa shape index (κ2) is 3.74. The highest BCUT2D eigenvalue weighted by molar-refractivity contribution is 5.66. The van der Waals surface area contributed by atoms with Gasteiger partial charge in [0, 0.05) is 13.1 Å². The minimum absolute atomic E-state index is 0.167. The maximum atomic E-state index is 10.9. The summed E-state index contributed by atoms with van der Waals surface area (Å²) in [6, 6.07) is 0. The summed E-state index contributed by atoms with van der Waals surface area (Å²) in [6.45, 7) is 1.43. The Morgan fingerprint density at radius 1 is 1.64 bits per heavy atom. The number of rotatable bonds is 1. The lowest BCUT2D eigenvalue weighted by Crippen LogP contribution is -2.17. The average Bonchev–Trinajstić information content (AvgIpc) is 2.18. The second-order valence-corrected chi connectivity index (χ2v) is 3.42. The predicted octanol–water partition coefficient (Wildman–Crippen LogP) is 1.42. The summed E-state index contributed by atoms with van der Waals surface area (Å²) in [5, 5.41) is 0. The van der Waals surface area contributed by atoms with Crippen LogP contribution in [0.5, 0.6) is 0 Å². The Labute approximate surface area is 82.3 Å². The summed E-state index contributed by atoms with van der Waals surface area (Å²) in [4.78, 5) is 19.0. The summed E-state index contributed by atoms with van der Waals surface area (Å²) in [5.74, 6) is -0.249. The van der Waals surface area contributed by atoms with Crippen molar-refractivity contribution >= 4 is 5.97 Å². The van der Waals surface area contributed by atoms with Crippen molar-refractivity contribution in [2.24, 2.45) is 0 Å². The van der Waals surface area contributed by atoms with Crippen LogP contribution in [0.2, 0.25) is 0 Å². The fraction of sp³-hybridized carbons (Fsp3) is 0.500. The van der Waals surface area contributed by atoms with Crippen LogP contribution in [0.1, 0.15) is 37.1 Å². The molecule has 1 aliphatic carbocycles. The highest BCUT2D eigenvalue weighted by Gasteiger charge is 2.23. The van der Waals surface area contributed by atoms with Gasteiger partial charge in [0.15, 0.2) is 0 Å². The number of carbonyl (C=O) groups is 1. The largest absolute Gasteiger partial charge is 0.456 e. The van der Waals surface area contributed by atoms with Crippen LogP contribution in [0.4, 0.5) is 0 Å². The molecule has 2 rings (SSSR count). The number of aromatic nitrogens is 2. The van der Waals surface area contributed by atoms with E-state index >= 15 is 0 Å². The van der Waals surface area contributed by atoms with Crippen molar-refractivity contribution in [1.29, 1.82) is 0 Å². The zero-order valence-electron chi connectivity index (χ0n) is 8.06. The number of aryl methyl sites for hydroxylation is 1. The Morgan fingerprint density at radius 2 is 2.50 bits per heavy atom. The van der Waals surface area contributed by atoms with Crippen LogP contribution in [-0.2, 0) is 16.0 Å². The van der Waals surface area contributed by atoms with E-state index in [9.17, 15) is 4.79 Å². The minimum Gasteiger partial charge on any atom is -0.456 e. The summed E-state index contributed by atoms with van der Waals surface area (Å²) < 4.78 is 5.19. The molecule has 14 heavy (non-hydrogen) atoms. The molecule has 1 atom stereocenters. The third-order valence-corrected chi connectivity index (χ3v) is 2.35. The molecule has 0 radical (unpaired) electrons. The van der Waals surface area contributed by atoms with E-state index in [1.807, 2.05) is 0 Å². The summed E-state index contributed by atoms with van der Waals surface area (Å²) >= 11 is 0. The Kier molecular flexibility index (Phi) is 2.43. The van der Waals surface area contributed by atoms with E-state index in [-0.39, 0.29) is 12.1 Å². The first-order valence-electron chi connectivity index (χ1n) is 4.73. The summed E-state index contributed by atoms with van der Waals surface area (Å²) in [5.41, 5.74) is 1.98. The molecule has 0 aromatic carbocycles. The van der Waals surface area contributed by atoms with Gasteiger partial charge in [0.1, 0.15) is 12.4 Å². The molecule has 0 saturated carbocycles. The van der Waals surface area contributed by atoms with E-state index in [1.54, 1.807) is 6.20 Å². The highest BCUT2D eigenvalue weighted by Crippen LogP contribution is 2.29. The number of hydrogen-bond acceptors (Lipinski definition) is 4. The number of nitrogens with zero attached hydrogens (tertiary/aromatic N) is 2. The van der Waals surface area contributed by atoms with Crippen molar-refractivity contribution in [1.82, 2.24) is 9.97 Å². The fourth-order valence-corrected chi connectivity index (χ4v) is 1.78. The van der Waals surface area contributed by atoms with Crippen molar-refractivity contribution in [2.75, 3.05) is 0 Å². The van der Waals surface area contributed by atoms with Gasteiger partial charge in [-0.3, -0.25) is 4.79 Å². The van der Waals surface area contributed by atoms with Crippen LogP contribution < -0.4 is 0 Å². The molecule has 1 aliphatic rings. The average molecular weight is 192 g/mol. The van der Waals surface area contributed by atoms with Crippen molar-refractivity contribution in [2.45, 2.75) is 32.3 Å². The number of ether oxygens (including phenoxy) is 1. The maximum absolute atomic E-state index is 10.9. The Bertz CT molecular complexity index is 352. The van der Waals surface area contributed by atoms with Gasteiger partial charge >= 0.3 is 5.97 Å².